The molecule has 0 heterocycles. The van der Waals surface area contributed by atoms with Crippen LogP contribution in [0.3, 0.4) is 0 Å². The van der Waals surface area contributed by atoms with E-state index in [-0.39, 0.29) is 0 Å². The van der Waals surface area contributed by atoms with Gasteiger partial charge in [-0.2, -0.15) is 0 Å². The van der Waals surface area contributed by atoms with Crippen LogP contribution >= 0.6 is 15.9 Å². The summed E-state index contributed by atoms with van der Waals surface area (Å²) in [5.41, 5.74) is 7.85. The maximum atomic E-state index is 5.88. The van der Waals surface area contributed by atoms with Crippen molar-refractivity contribution in [2.45, 2.75) is 13.2 Å². The number of hydrogen-bond acceptors (Lipinski definition) is 3. The zero-order valence-corrected chi connectivity index (χ0v) is 14.7. The lowest BCUT2D eigenvalue weighted by atomic mass is 10.2. The van der Waals surface area contributed by atoms with E-state index in [0.717, 1.165) is 32.8 Å². The molecule has 0 radical (unpaired) electrons. The van der Waals surface area contributed by atoms with Gasteiger partial charge in [-0.25, -0.2) is 0 Å². The summed E-state index contributed by atoms with van der Waals surface area (Å²) >= 11 is 3.47. The fourth-order valence-electron chi connectivity index (χ4n) is 2.28. The minimum absolute atomic E-state index is 0.474. The molecule has 0 aliphatic rings. The Balaban J connectivity index is 1.63. The Morgan fingerprint density at radius 3 is 2.17 bits per heavy atom. The summed E-state index contributed by atoms with van der Waals surface area (Å²) in [5.74, 6) is 2.31. The first-order chi connectivity index (χ1) is 11.7. The molecule has 122 valence electrons. The van der Waals surface area contributed by atoms with E-state index in [9.17, 15) is 0 Å². The van der Waals surface area contributed by atoms with Crippen molar-refractivity contribution in [3.05, 3.63) is 88.4 Å². The Bertz CT molecular complexity index is 788. The van der Waals surface area contributed by atoms with Crippen molar-refractivity contribution in [2.24, 2.45) is 5.73 Å². The molecule has 3 nitrogen and oxygen atoms in total. The predicted molar refractivity (Wildman–Crippen MR) is 99.3 cm³/mol. The van der Waals surface area contributed by atoms with Gasteiger partial charge in [-0.05, 0) is 53.6 Å². The van der Waals surface area contributed by atoms with Gasteiger partial charge in [0, 0.05) is 11.0 Å². The van der Waals surface area contributed by atoms with E-state index >= 15 is 0 Å². The van der Waals surface area contributed by atoms with Gasteiger partial charge in [0.1, 0.15) is 23.9 Å². The van der Waals surface area contributed by atoms with Crippen molar-refractivity contribution >= 4 is 15.9 Å². The molecule has 0 bridgehead atoms. The van der Waals surface area contributed by atoms with E-state index < -0.39 is 0 Å². The summed E-state index contributed by atoms with van der Waals surface area (Å²) in [6, 6.07) is 23.5. The van der Waals surface area contributed by atoms with Gasteiger partial charge in [0.15, 0.2) is 0 Å². The molecule has 24 heavy (non-hydrogen) atoms. The molecule has 0 fully saturated rings. The van der Waals surface area contributed by atoms with Crippen LogP contribution in [-0.4, -0.2) is 0 Å². The van der Waals surface area contributed by atoms with Gasteiger partial charge in [0.25, 0.3) is 0 Å². The molecule has 0 spiro atoms. The fourth-order valence-corrected chi connectivity index (χ4v) is 2.80. The molecule has 0 atom stereocenters. The summed E-state index contributed by atoms with van der Waals surface area (Å²) in [6.45, 7) is 1.02. The van der Waals surface area contributed by atoms with Crippen molar-refractivity contribution in [1.82, 2.24) is 0 Å². The third kappa shape index (κ3) is 4.60. The third-order valence-electron chi connectivity index (χ3n) is 3.47. The standard InChI is InChI=1S/C20H18BrNO2/c21-17-10-16(13-22)11-20(12-17)24-19-8-6-18(7-9-19)23-14-15-4-2-1-3-5-15/h1-12H,13-14,22H2. The molecule has 4 heteroatoms. The molecule has 0 aliphatic carbocycles. The molecule has 0 aliphatic heterocycles. The Hall–Kier alpha value is -2.30. The summed E-state index contributed by atoms with van der Waals surface area (Å²) < 4.78 is 12.6. The topological polar surface area (TPSA) is 44.5 Å². The quantitative estimate of drug-likeness (QED) is 0.629. The van der Waals surface area contributed by atoms with E-state index in [4.69, 9.17) is 15.2 Å². The second-order valence-corrected chi connectivity index (χ2v) is 6.26. The van der Waals surface area contributed by atoms with Crippen molar-refractivity contribution in [3.8, 4) is 17.2 Å². The molecule has 0 amide bonds. The van der Waals surface area contributed by atoms with Crippen LogP contribution in [0.2, 0.25) is 0 Å². The Morgan fingerprint density at radius 1 is 0.750 bits per heavy atom. The van der Waals surface area contributed by atoms with Crippen LogP contribution in [0.15, 0.2) is 77.3 Å². The van der Waals surface area contributed by atoms with E-state index in [2.05, 4.69) is 15.9 Å². The van der Waals surface area contributed by atoms with E-state index in [1.54, 1.807) is 0 Å². The van der Waals surface area contributed by atoms with Crippen LogP contribution in [-0.2, 0) is 13.2 Å². The molecule has 3 rings (SSSR count). The van der Waals surface area contributed by atoms with Gasteiger partial charge in [0.05, 0.1) is 0 Å². The van der Waals surface area contributed by atoms with Crippen molar-refractivity contribution in [2.75, 3.05) is 0 Å². The second-order valence-electron chi connectivity index (χ2n) is 5.35. The third-order valence-corrected chi connectivity index (χ3v) is 3.93. The zero-order valence-electron chi connectivity index (χ0n) is 13.1. The number of ether oxygens (including phenoxy) is 2. The average Bonchev–Trinajstić information content (AvgIpc) is 2.61. The van der Waals surface area contributed by atoms with Gasteiger partial charge >= 0.3 is 0 Å². The Kier molecular flexibility index (Phi) is 5.51. The highest BCUT2D eigenvalue weighted by molar-refractivity contribution is 9.10. The number of nitrogens with two attached hydrogens (primary N) is 1. The zero-order chi connectivity index (χ0) is 16.8. The van der Waals surface area contributed by atoms with Crippen LogP contribution in [0.1, 0.15) is 11.1 Å². The van der Waals surface area contributed by atoms with Crippen LogP contribution in [0.25, 0.3) is 0 Å². The molecular formula is C20H18BrNO2. The smallest absolute Gasteiger partial charge is 0.128 e. The molecular weight excluding hydrogens is 366 g/mol. The van der Waals surface area contributed by atoms with Gasteiger partial charge in [0.2, 0.25) is 0 Å². The van der Waals surface area contributed by atoms with Crippen LogP contribution in [0.4, 0.5) is 0 Å². The van der Waals surface area contributed by atoms with E-state index in [0.29, 0.717) is 13.2 Å². The minimum atomic E-state index is 0.474. The Morgan fingerprint density at radius 2 is 1.46 bits per heavy atom. The molecule has 0 aromatic heterocycles. The highest BCUT2D eigenvalue weighted by atomic mass is 79.9. The number of halogens is 1. The molecule has 0 saturated carbocycles. The van der Waals surface area contributed by atoms with E-state index in [1.807, 2.05) is 72.8 Å². The van der Waals surface area contributed by atoms with Crippen LogP contribution in [0, 0.1) is 0 Å². The number of rotatable bonds is 6. The number of benzene rings is 3. The monoisotopic (exact) mass is 383 g/mol. The van der Waals surface area contributed by atoms with Crippen LogP contribution < -0.4 is 15.2 Å². The highest BCUT2D eigenvalue weighted by Crippen LogP contribution is 2.27. The molecule has 3 aromatic carbocycles. The first-order valence-corrected chi connectivity index (χ1v) is 8.46. The number of hydrogen-bond donors (Lipinski definition) is 1. The summed E-state index contributed by atoms with van der Waals surface area (Å²) in [4.78, 5) is 0. The maximum absolute atomic E-state index is 5.88. The Labute approximate surface area is 150 Å². The van der Waals surface area contributed by atoms with E-state index in [1.165, 1.54) is 0 Å². The minimum Gasteiger partial charge on any atom is -0.489 e. The van der Waals surface area contributed by atoms with Gasteiger partial charge in [-0.1, -0.05) is 46.3 Å². The summed E-state index contributed by atoms with van der Waals surface area (Å²) in [5, 5.41) is 0. The molecule has 0 unspecified atom stereocenters. The van der Waals surface area contributed by atoms with Crippen LogP contribution in [0.5, 0.6) is 17.2 Å². The summed E-state index contributed by atoms with van der Waals surface area (Å²) in [7, 11) is 0. The van der Waals surface area contributed by atoms with Crippen molar-refractivity contribution < 1.29 is 9.47 Å². The normalized spacial score (nSPS) is 10.4. The lowest BCUT2D eigenvalue weighted by molar-refractivity contribution is 0.306. The lowest BCUT2D eigenvalue weighted by Gasteiger charge is -2.10. The predicted octanol–water partition coefficient (Wildman–Crippen LogP) is 5.28. The van der Waals surface area contributed by atoms with Gasteiger partial charge in [-0.3, -0.25) is 0 Å². The first kappa shape index (κ1) is 16.6. The average molecular weight is 384 g/mol. The lowest BCUT2D eigenvalue weighted by Crippen LogP contribution is -1.97. The molecule has 2 N–H and O–H groups in total. The van der Waals surface area contributed by atoms with Crippen molar-refractivity contribution in [1.29, 1.82) is 0 Å². The maximum Gasteiger partial charge on any atom is 0.128 e. The molecule has 3 aromatic rings. The first-order valence-electron chi connectivity index (χ1n) is 7.67. The molecule has 0 saturated heterocycles. The van der Waals surface area contributed by atoms with Gasteiger partial charge in [-0.15, -0.1) is 0 Å². The second kappa shape index (κ2) is 7.99. The SMILES string of the molecule is NCc1cc(Br)cc(Oc2ccc(OCc3ccccc3)cc2)c1. The van der Waals surface area contributed by atoms with Crippen molar-refractivity contribution in [3.63, 3.8) is 0 Å². The van der Waals surface area contributed by atoms with Gasteiger partial charge < -0.3 is 15.2 Å². The largest absolute Gasteiger partial charge is 0.489 e. The highest BCUT2D eigenvalue weighted by Gasteiger charge is 2.02. The summed E-state index contributed by atoms with van der Waals surface area (Å²) in [6.07, 6.45) is 0. The fraction of sp³-hybridized carbons (Fsp3) is 0.100.